The molecule has 22 heteroatoms. The van der Waals surface area contributed by atoms with Crippen molar-refractivity contribution in [2.45, 2.75) is 116 Å². The molecule has 2 aliphatic heterocycles. The van der Waals surface area contributed by atoms with E-state index in [2.05, 4.69) is 31.9 Å². The second-order valence-corrected chi connectivity index (χ2v) is 21.4. The van der Waals surface area contributed by atoms with Crippen LogP contribution < -0.4 is 31.9 Å². The summed E-state index contributed by atoms with van der Waals surface area (Å²) in [5, 5.41) is 28.0. The smallest absolute Gasteiger partial charge is 0.343 e. The number of unbranched alkanes of at least 4 members (excludes halogenated alkanes) is 2. The van der Waals surface area contributed by atoms with Gasteiger partial charge in [0, 0.05) is 54.3 Å². The molecule has 6 aliphatic rings. The van der Waals surface area contributed by atoms with Gasteiger partial charge in [-0.15, -0.1) is 0 Å². The van der Waals surface area contributed by atoms with Gasteiger partial charge in [-0.05, 0) is 97.8 Å². The molecule has 2 unspecified atom stereocenters. The number of hydrogen-bond donors (Lipinski definition) is 7. The number of allylic oxidation sites excluding steroid dienone is 1. The topological polar surface area (TPSA) is 298 Å². The number of pyridine rings is 1. The van der Waals surface area contributed by atoms with Gasteiger partial charge >= 0.3 is 5.97 Å². The highest BCUT2D eigenvalue weighted by atomic mass is 19.1. The van der Waals surface area contributed by atoms with Crippen molar-refractivity contribution in [2.75, 3.05) is 46.1 Å². The third-order valence-electron chi connectivity index (χ3n) is 16.1. The summed E-state index contributed by atoms with van der Waals surface area (Å²) >= 11 is 0. The monoisotopic (exact) mass is 1090 g/mol. The maximum atomic E-state index is 15.5. The molecule has 0 spiro atoms. The molecule has 7 N–H and O–H groups in total. The molecule has 3 heterocycles. The van der Waals surface area contributed by atoms with Crippen molar-refractivity contribution in [1.82, 2.24) is 41.8 Å². The number of carbonyl (C=O) groups is 10. The van der Waals surface area contributed by atoms with E-state index < -0.39 is 77.5 Å². The molecule has 79 heavy (non-hydrogen) atoms. The SMILES string of the molecule is CC[C@@]1(O)C(=O)OCC2=C1C=C1c3nc4cc(F)c(C)c5c4c(c3CC1C2=O)[C@@H](NC(=O)C1(COCNC(=O)CNC(=O)[C@H](Cc2ccccc2)NC(=O)CNC(=O)CNC(=O)CCCCCN2C(=O)CC(C)C2=O)CC1)CC5. The number of halogens is 1. The number of aryl methyl sites for hydroxylation is 1. The van der Waals surface area contributed by atoms with E-state index in [0.717, 1.165) is 22.1 Å². The third-order valence-corrected chi connectivity index (χ3v) is 16.1. The minimum atomic E-state index is -2.02. The Morgan fingerprint density at radius 3 is 2.35 bits per heavy atom. The number of benzene rings is 2. The zero-order valence-corrected chi connectivity index (χ0v) is 44.4. The molecule has 0 bridgehead atoms. The minimum Gasteiger partial charge on any atom is -0.458 e. The quantitative estimate of drug-likeness (QED) is 0.0309. The number of aromatic nitrogens is 1. The van der Waals surface area contributed by atoms with E-state index in [0.29, 0.717) is 79.4 Å². The van der Waals surface area contributed by atoms with Crippen molar-refractivity contribution in [3.63, 3.8) is 0 Å². The summed E-state index contributed by atoms with van der Waals surface area (Å²) < 4.78 is 26.6. The average molecular weight is 1090 g/mol. The number of nitrogens with one attached hydrogen (secondary N) is 6. The number of fused-ring (bicyclic) bond motifs is 4. The van der Waals surface area contributed by atoms with Gasteiger partial charge in [-0.2, -0.15) is 0 Å². The first-order valence-corrected chi connectivity index (χ1v) is 27.0. The van der Waals surface area contributed by atoms with E-state index in [-0.39, 0.29) is 105 Å². The number of cyclic esters (lactones) is 1. The van der Waals surface area contributed by atoms with E-state index in [1.165, 1.54) is 11.0 Å². The number of ketones is 1. The number of amides is 8. The first-order valence-electron chi connectivity index (χ1n) is 27.0. The highest BCUT2D eigenvalue weighted by molar-refractivity contribution is 6.13. The number of esters is 1. The van der Waals surface area contributed by atoms with Crippen LogP contribution in [0.4, 0.5) is 4.39 Å². The van der Waals surface area contributed by atoms with Gasteiger partial charge in [0.2, 0.25) is 47.3 Å². The van der Waals surface area contributed by atoms with Gasteiger partial charge in [0.15, 0.2) is 11.4 Å². The van der Waals surface area contributed by atoms with Gasteiger partial charge in [0.05, 0.1) is 54.8 Å². The largest absolute Gasteiger partial charge is 0.458 e. The lowest BCUT2D eigenvalue weighted by Gasteiger charge is -2.35. The van der Waals surface area contributed by atoms with Crippen LogP contribution in [-0.4, -0.2) is 132 Å². The molecule has 1 saturated heterocycles. The number of nitrogens with zero attached hydrogens (tertiary/aromatic N) is 2. The molecule has 1 aromatic heterocycles. The van der Waals surface area contributed by atoms with Crippen molar-refractivity contribution in [3.05, 3.63) is 92.9 Å². The summed E-state index contributed by atoms with van der Waals surface area (Å²) in [5.74, 6) is -6.20. The van der Waals surface area contributed by atoms with Crippen LogP contribution in [0, 0.1) is 30.0 Å². The molecule has 21 nitrogen and oxygen atoms in total. The molecule has 4 aliphatic carbocycles. The minimum absolute atomic E-state index is 0.0204. The summed E-state index contributed by atoms with van der Waals surface area (Å²) in [4.78, 5) is 136. The lowest BCUT2D eigenvalue weighted by atomic mass is 9.75. The second-order valence-electron chi connectivity index (χ2n) is 21.4. The Hall–Kier alpha value is -7.72. The predicted octanol–water partition coefficient (Wildman–Crippen LogP) is 1.82. The van der Waals surface area contributed by atoms with Gasteiger partial charge in [-0.1, -0.05) is 50.6 Å². The Morgan fingerprint density at radius 2 is 1.63 bits per heavy atom. The lowest BCUT2D eigenvalue weighted by molar-refractivity contribution is -0.163. The van der Waals surface area contributed by atoms with Crippen LogP contribution in [0.1, 0.15) is 111 Å². The van der Waals surface area contributed by atoms with Crippen molar-refractivity contribution in [3.8, 4) is 0 Å². The van der Waals surface area contributed by atoms with Crippen LogP contribution in [0.25, 0.3) is 16.5 Å². The molecule has 2 aromatic carbocycles. The predicted molar refractivity (Wildman–Crippen MR) is 280 cm³/mol. The zero-order valence-electron chi connectivity index (χ0n) is 44.4. The van der Waals surface area contributed by atoms with Gasteiger partial charge in [0.1, 0.15) is 25.2 Å². The molecule has 0 radical (unpaired) electrons. The number of Topliss-reactive ketones (excluding diaryl/α,β-unsaturated/α-hetero) is 1. The molecule has 1 saturated carbocycles. The summed E-state index contributed by atoms with van der Waals surface area (Å²) in [5.41, 5.74) is 2.29. The van der Waals surface area contributed by atoms with Gasteiger partial charge in [0.25, 0.3) is 0 Å². The Labute approximate surface area is 454 Å². The first-order chi connectivity index (χ1) is 37.8. The Kier molecular flexibility index (Phi) is 16.5. The normalized spacial score (nSPS) is 21.8. The third kappa shape index (κ3) is 11.7. The summed E-state index contributed by atoms with van der Waals surface area (Å²) in [6.07, 6.45) is 5.83. The summed E-state index contributed by atoms with van der Waals surface area (Å²) in [6, 6.07) is 8.52. The molecule has 8 amide bonds. The van der Waals surface area contributed by atoms with E-state index >= 15 is 4.39 Å². The van der Waals surface area contributed by atoms with E-state index in [4.69, 9.17) is 14.5 Å². The molecule has 9 rings (SSSR count). The van der Waals surface area contributed by atoms with Crippen molar-refractivity contribution in [1.29, 1.82) is 0 Å². The molecule has 3 aromatic rings. The standard InChI is InChI=1S/C57H65FN8O13/c1-4-57(77)38-22-34-35(51(72)37(38)27-79-55(57)76)21-36-49-40(15-14-33-31(3)39(58)23-41(48(33)49)64-50(34)36)65-54(75)56(16-17-56)28-78-29-62-45(69)25-61-52(73)42(20-32-11-7-5-8-12-32)63-46(70)26-60-44(68)24-59-43(67)13-9-6-10-18-66-47(71)19-30(2)53(66)74/h5,7-8,11-12,22-23,30,35,40,42,77H,4,6,9-10,13-21,24-29H2,1-3H3,(H,59,67)(H,60,68)(H,61,73)(H,62,69)(H,63,70)(H,65,75)/t30?,35?,40-,42-,57-/m0/s1. The molecule has 418 valence electrons. The molecule has 5 atom stereocenters. The summed E-state index contributed by atoms with van der Waals surface area (Å²) in [7, 11) is 0. The zero-order chi connectivity index (χ0) is 56.3. The second kappa shape index (κ2) is 23.3. The first kappa shape index (κ1) is 56.0. The molecule has 2 fully saturated rings. The number of ether oxygens (including phenoxy) is 2. The van der Waals surface area contributed by atoms with E-state index in [9.17, 15) is 53.1 Å². The number of likely N-dealkylation sites (tertiary alicyclic amines) is 1. The highest BCUT2D eigenvalue weighted by Crippen LogP contribution is 2.52. The fourth-order valence-corrected chi connectivity index (χ4v) is 11.3. The van der Waals surface area contributed by atoms with Crippen LogP contribution in [0.3, 0.4) is 0 Å². The number of imide groups is 1. The Bertz CT molecular complexity index is 3120. The molecular weight excluding hydrogens is 1020 g/mol. The van der Waals surface area contributed by atoms with Crippen LogP contribution in [-0.2, 0) is 76.7 Å². The van der Waals surface area contributed by atoms with E-state index in [1.54, 1.807) is 57.2 Å². The Balaban J connectivity index is 0.743. The maximum Gasteiger partial charge on any atom is 0.343 e. The van der Waals surface area contributed by atoms with Gasteiger partial charge < -0.3 is 46.5 Å². The van der Waals surface area contributed by atoms with Crippen LogP contribution >= 0.6 is 0 Å². The van der Waals surface area contributed by atoms with Crippen molar-refractivity contribution in [2.24, 2.45) is 17.3 Å². The van der Waals surface area contributed by atoms with Crippen LogP contribution in [0.5, 0.6) is 0 Å². The maximum absolute atomic E-state index is 15.5. The van der Waals surface area contributed by atoms with Gasteiger partial charge in [-0.25, -0.2) is 14.2 Å². The average Bonchev–Trinajstić information content (AvgIpc) is 4.24. The number of rotatable bonds is 23. The highest BCUT2D eigenvalue weighted by Gasteiger charge is 2.53. The fourth-order valence-electron chi connectivity index (χ4n) is 11.3. The van der Waals surface area contributed by atoms with Crippen LogP contribution in [0.15, 0.2) is 53.6 Å². The van der Waals surface area contributed by atoms with Crippen molar-refractivity contribution >= 4 is 75.5 Å². The number of hydrogen-bond acceptors (Lipinski definition) is 14. The Morgan fingerprint density at radius 1 is 0.911 bits per heavy atom. The fraction of sp³-hybridized carbons (Fsp3) is 0.491. The summed E-state index contributed by atoms with van der Waals surface area (Å²) in [6.45, 7) is 3.40. The molecular formula is C57H65FN8O13. The van der Waals surface area contributed by atoms with Crippen molar-refractivity contribution < 1.29 is 66.9 Å². The number of carbonyl (C=O) groups excluding carboxylic acids is 10. The van der Waals surface area contributed by atoms with Crippen LogP contribution in [0.2, 0.25) is 0 Å². The lowest BCUT2D eigenvalue weighted by Crippen LogP contribution is -2.52. The number of aliphatic hydroxyl groups is 1. The van der Waals surface area contributed by atoms with E-state index in [1.807, 2.05) is 0 Å². The van der Waals surface area contributed by atoms with Gasteiger partial charge in [-0.3, -0.25) is 48.1 Å².